The molecule has 0 spiro atoms. The molecule has 0 saturated carbocycles. The third kappa shape index (κ3) is 4.65. The summed E-state index contributed by atoms with van der Waals surface area (Å²) in [5.41, 5.74) is -1.56. The van der Waals surface area contributed by atoms with Crippen LogP contribution in [0.5, 0.6) is 5.75 Å². The van der Waals surface area contributed by atoms with Crippen molar-refractivity contribution in [2.45, 2.75) is 31.1 Å². The molecule has 3 fully saturated rings. The van der Waals surface area contributed by atoms with Gasteiger partial charge in [-0.05, 0) is 30.2 Å². The number of carbonyl (C=O) groups is 1. The number of furan rings is 1. The van der Waals surface area contributed by atoms with Gasteiger partial charge in [0.15, 0.2) is 5.76 Å². The minimum absolute atomic E-state index is 0. The highest BCUT2D eigenvalue weighted by atomic mass is 79.9. The van der Waals surface area contributed by atoms with Gasteiger partial charge in [-0.15, -0.1) is 0 Å². The van der Waals surface area contributed by atoms with E-state index in [-0.39, 0.29) is 29.0 Å². The summed E-state index contributed by atoms with van der Waals surface area (Å²) in [6.45, 7) is 3.20. The van der Waals surface area contributed by atoms with E-state index in [0.717, 1.165) is 44.6 Å². The number of ether oxygens (including phenoxy) is 2. The van der Waals surface area contributed by atoms with Crippen molar-refractivity contribution in [2.24, 2.45) is 5.92 Å². The Kier molecular flexibility index (Phi) is 7.45. The van der Waals surface area contributed by atoms with Crippen LogP contribution in [-0.4, -0.2) is 48.0 Å². The Morgan fingerprint density at radius 2 is 1.68 bits per heavy atom. The number of hydrogen-bond acceptors (Lipinski definition) is 5. The number of benzene rings is 2. The monoisotopic (exact) mass is 527 g/mol. The Balaban J connectivity index is 0.00000274. The molecule has 0 amide bonds. The van der Waals surface area contributed by atoms with Crippen molar-refractivity contribution in [1.82, 2.24) is 0 Å². The number of carbonyl (C=O) groups excluding carboxylic acids is 1. The van der Waals surface area contributed by atoms with Crippen LogP contribution >= 0.6 is 0 Å². The van der Waals surface area contributed by atoms with Gasteiger partial charge in [0.25, 0.3) is 0 Å². The predicted octanol–water partition coefficient (Wildman–Crippen LogP) is 1.10. The minimum Gasteiger partial charge on any atom is -1.00 e. The number of halogens is 1. The summed E-state index contributed by atoms with van der Waals surface area (Å²) in [7, 11) is 0. The maximum atomic E-state index is 13.6. The molecule has 7 heteroatoms. The highest BCUT2D eigenvalue weighted by molar-refractivity contribution is 5.84. The second-order valence-corrected chi connectivity index (χ2v) is 9.14. The number of fused-ring (bicyclic) bond motifs is 3. The molecule has 3 saturated heterocycles. The lowest BCUT2D eigenvalue weighted by Gasteiger charge is -2.53. The molecular formula is C27H30BrNO5. The van der Waals surface area contributed by atoms with Gasteiger partial charge >= 0.3 is 5.97 Å². The van der Waals surface area contributed by atoms with E-state index in [4.69, 9.17) is 13.9 Å². The van der Waals surface area contributed by atoms with Gasteiger partial charge in [-0.2, -0.15) is 0 Å². The minimum atomic E-state index is -1.99. The van der Waals surface area contributed by atoms with Crippen LogP contribution in [0.25, 0.3) is 0 Å². The van der Waals surface area contributed by atoms with Gasteiger partial charge in [-0.25, -0.2) is 4.79 Å². The van der Waals surface area contributed by atoms with Crippen LogP contribution in [0.3, 0.4) is 0 Å². The van der Waals surface area contributed by atoms with E-state index < -0.39 is 11.6 Å². The summed E-state index contributed by atoms with van der Waals surface area (Å²) in [6, 6.07) is 21.9. The van der Waals surface area contributed by atoms with E-state index >= 15 is 0 Å². The average molecular weight is 528 g/mol. The Labute approximate surface area is 210 Å². The van der Waals surface area contributed by atoms with E-state index in [2.05, 4.69) is 0 Å². The number of nitrogens with zero attached hydrogens (tertiary/aromatic N) is 1. The molecule has 1 N–H and O–H groups in total. The van der Waals surface area contributed by atoms with Crippen molar-refractivity contribution in [1.29, 1.82) is 0 Å². The molecule has 34 heavy (non-hydrogen) atoms. The van der Waals surface area contributed by atoms with Crippen LogP contribution in [-0.2, 0) is 15.1 Å². The topological polar surface area (TPSA) is 68.9 Å². The summed E-state index contributed by atoms with van der Waals surface area (Å²) in [6.07, 6.45) is 4.20. The van der Waals surface area contributed by atoms with E-state index in [1.54, 1.807) is 36.4 Å². The van der Waals surface area contributed by atoms with Crippen molar-refractivity contribution in [3.8, 4) is 5.75 Å². The molecule has 6 nitrogen and oxygen atoms in total. The van der Waals surface area contributed by atoms with Crippen molar-refractivity contribution in [3.05, 3.63) is 90.4 Å². The van der Waals surface area contributed by atoms with Gasteiger partial charge in [0.1, 0.15) is 18.9 Å². The number of hydrogen-bond donors (Lipinski definition) is 1. The summed E-state index contributed by atoms with van der Waals surface area (Å²) in [5.74, 6) is 0.856. The number of para-hydroxylation sites is 1. The van der Waals surface area contributed by atoms with Crippen LogP contribution in [0.1, 0.15) is 30.6 Å². The lowest BCUT2D eigenvalue weighted by molar-refractivity contribution is -0.984. The predicted molar refractivity (Wildman–Crippen MR) is 122 cm³/mol. The molecule has 4 heterocycles. The molecule has 2 aromatic carbocycles. The average Bonchev–Trinajstić information content (AvgIpc) is 3.41. The van der Waals surface area contributed by atoms with Crippen molar-refractivity contribution < 1.29 is 45.3 Å². The Morgan fingerprint density at radius 3 is 2.32 bits per heavy atom. The van der Waals surface area contributed by atoms with Crippen LogP contribution in [0.2, 0.25) is 0 Å². The fraction of sp³-hybridized carbons (Fsp3) is 0.370. The molecule has 6 rings (SSSR count). The van der Waals surface area contributed by atoms with Gasteiger partial charge in [0.2, 0.25) is 11.8 Å². The van der Waals surface area contributed by atoms with Gasteiger partial charge in [0, 0.05) is 24.8 Å². The lowest BCUT2D eigenvalue weighted by atomic mass is 9.84. The molecule has 1 unspecified atom stereocenters. The number of aliphatic hydroxyl groups is 1. The van der Waals surface area contributed by atoms with Gasteiger partial charge in [0.05, 0.1) is 19.4 Å². The first kappa shape index (κ1) is 24.5. The molecule has 3 aliphatic rings. The SMILES string of the molecule is O=C(O[C@@H]1CC2CC[N+]1(CCOc1ccccc1)CC2)C(O)(c1ccccc1)c1ccco1.[Br-]. The third-order valence-electron chi connectivity index (χ3n) is 7.27. The first-order valence-corrected chi connectivity index (χ1v) is 11.7. The second-order valence-electron chi connectivity index (χ2n) is 9.14. The third-order valence-corrected chi connectivity index (χ3v) is 7.27. The highest BCUT2D eigenvalue weighted by Gasteiger charge is 2.53. The molecule has 0 aliphatic carbocycles. The molecule has 3 aliphatic heterocycles. The summed E-state index contributed by atoms with van der Waals surface area (Å²) in [4.78, 5) is 13.6. The smallest absolute Gasteiger partial charge is 0.355 e. The Bertz CT molecular complexity index is 1050. The maximum Gasteiger partial charge on any atom is 0.355 e. The number of quaternary nitrogens is 1. The van der Waals surface area contributed by atoms with Crippen molar-refractivity contribution in [2.75, 3.05) is 26.2 Å². The van der Waals surface area contributed by atoms with Crippen LogP contribution in [0, 0.1) is 5.92 Å². The molecule has 180 valence electrons. The van der Waals surface area contributed by atoms with E-state index in [9.17, 15) is 9.90 Å². The molecule has 0 radical (unpaired) electrons. The Hall–Kier alpha value is -2.61. The number of rotatable bonds is 8. The maximum absolute atomic E-state index is 13.6. The largest absolute Gasteiger partial charge is 1.00 e. The zero-order chi connectivity index (χ0) is 22.7. The summed E-state index contributed by atoms with van der Waals surface area (Å²) < 4.78 is 18.3. The number of piperidine rings is 3. The summed E-state index contributed by atoms with van der Waals surface area (Å²) in [5, 5.41) is 11.6. The molecule has 1 aromatic heterocycles. The molecule has 2 bridgehead atoms. The van der Waals surface area contributed by atoms with E-state index in [0.29, 0.717) is 22.6 Å². The standard InChI is InChI=1S/C27H30NO5.BrH/c29-26(27(30,24-12-7-18-32-24)22-8-3-1-4-9-22)33-25-20-21-13-15-28(25,16-14-21)17-19-31-23-10-5-2-6-11-23;/h1-12,18,21,25,30H,13-17,19-20H2;1H/q+1;/p-1/t21?,25-,27?,28?;/m1./s1. The number of esters is 1. The first-order chi connectivity index (χ1) is 16.1. The van der Waals surface area contributed by atoms with E-state index in [1.807, 2.05) is 36.4 Å². The van der Waals surface area contributed by atoms with Crippen LogP contribution in [0.15, 0.2) is 83.5 Å². The lowest BCUT2D eigenvalue weighted by Crippen LogP contribution is -3.00. The van der Waals surface area contributed by atoms with Crippen molar-refractivity contribution in [3.63, 3.8) is 0 Å². The molecule has 3 aromatic rings. The zero-order valence-electron chi connectivity index (χ0n) is 19.0. The van der Waals surface area contributed by atoms with Gasteiger partial charge in [-0.1, -0.05) is 48.5 Å². The second kappa shape index (κ2) is 10.3. The normalized spacial score (nSPS) is 25.1. The van der Waals surface area contributed by atoms with Crippen molar-refractivity contribution >= 4 is 5.97 Å². The fourth-order valence-electron chi connectivity index (χ4n) is 5.29. The Morgan fingerprint density at radius 1 is 1.00 bits per heavy atom. The molecular weight excluding hydrogens is 498 g/mol. The fourth-order valence-corrected chi connectivity index (χ4v) is 5.29. The van der Waals surface area contributed by atoms with Crippen LogP contribution < -0.4 is 21.7 Å². The highest BCUT2D eigenvalue weighted by Crippen LogP contribution is 2.41. The quantitative estimate of drug-likeness (QED) is 0.351. The zero-order valence-corrected chi connectivity index (χ0v) is 20.6. The van der Waals surface area contributed by atoms with Gasteiger partial charge in [-0.3, -0.25) is 4.48 Å². The van der Waals surface area contributed by atoms with E-state index in [1.165, 1.54) is 6.26 Å². The van der Waals surface area contributed by atoms with Gasteiger partial charge < -0.3 is 36.0 Å². The molecule has 2 atom stereocenters. The first-order valence-electron chi connectivity index (χ1n) is 11.7. The van der Waals surface area contributed by atoms with Crippen LogP contribution in [0.4, 0.5) is 0 Å². The summed E-state index contributed by atoms with van der Waals surface area (Å²) >= 11 is 0.